The number of alkyl halides is 3. The molecular formula is C22H15F3N4O2S2. The third-order valence-electron chi connectivity index (χ3n) is 5.11. The van der Waals surface area contributed by atoms with Crippen LogP contribution in [0, 0.1) is 0 Å². The molecule has 0 atom stereocenters. The third kappa shape index (κ3) is 4.46. The van der Waals surface area contributed by atoms with E-state index in [1.54, 1.807) is 17.5 Å². The fourth-order valence-corrected chi connectivity index (χ4v) is 5.13. The van der Waals surface area contributed by atoms with Crippen molar-refractivity contribution in [3.63, 3.8) is 0 Å². The molecule has 0 spiro atoms. The van der Waals surface area contributed by atoms with Gasteiger partial charge in [-0.3, -0.25) is 0 Å². The average Bonchev–Trinajstić information content (AvgIpc) is 3.30. The summed E-state index contributed by atoms with van der Waals surface area (Å²) >= 11 is 2.91. The van der Waals surface area contributed by atoms with Crippen LogP contribution in [0.4, 0.5) is 24.1 Å². The van der Waals surface area contributed by atoms with Gasteiger partial charge in [0.25, 0.3) is 0 Å². The molecule has 1 aliphatic rings. The number of rotatable bonds is 6. The number of carboxylic acid groups (broad SMARTS) is 1. The zero-order valence-electron chi connectivity index (χ0n) is 16.8. The summed E-state index contributed by atoms with van der Waals surface area (Å²) in [4.78, 5) is 25.3. The fraction of sp³-hybridized carbons (Fsp3) is 0.182. The van der Waals surface area contributed by atoms with Gasteiger partial charge >= 0.3 is 12.1 Å². The monoisotopic (exact) mass is 488 g/mol. The highest BCUT2D eigenvalue weighted by Gasteiger charge is 2.33. The van der Waals surface area contributed by atoms with Crippen molar-refractivity contribution < 1.29 is 23.1 Å². The number of carbonyl (C=O) groups is 1. The van der Waals surface area contributed by atoms with E-state index in [4.69, 9.17) is 0 Å². The van der Waals surface area contributed by atoms with E-state index in [1.165, 1.54) is 11.3 Å². The minimum Gasteiger partial charge on any atom is -0.478 e. The number of thiazole rings is 2. The van der Waals surface area contributed by atoms with Crippen LogP contribution in [0.15, 0.2) is 48.1 Å². The topological polar surface area (TPSA) is 88.0 Å². The molecule has 6 nitrogen and oxygen atoms in total. The smallest absolute Gasteiger partial charge is 0.417 e. The van der Waals surface area contributed by atoms with Crippen LogP contribution in [-0.2, 0) is 6.18 Å². The fourth-order valence-electron chi connectivity index (χ4n) is 3.33. The van der Waals surface area contributed by atoms with E-state index in [2.05, 4.69) is 20.3 Å². The normalized spacial score (nSPS) is 13.8. The number of halogens is 3. The zero-order chi connectivity index (χ0) is 23.2. The van der Waals surface area contributed by atoms with Crippen LogP contribution in [-0.4, -0.2) is 26.0 Å². The molecule has 0 amide bonds. The van der Waals surface area contributed by atoms with E-state index in [-0.39, 0.29) is 5.82 Å². The van der Waals surface area contributed by atoms with Gasteiger partial charge in [0.1, 0.15) is 16.4 Å². The number of hydrogen-bond donors (Lipinski definition) is 2. The molecule has 1 aromatic carbocycles. The average molecular weight is 489 g/mol. The van der Waals surface area contributed by atoms with Crippen LogP contribution in [0.5, 0.6) is 0 Å². The predicted molar refractivity (Wildman–Crippen MR) is 120 cm³/mol. The van der Waals surface area contributed by atoms with Gasteiger partial charge in [-0.2, -0.15) is 13.2 Å². The first-order valence-electron chi connectivity index (χ1n) is 9.88. The van der Waals surface area contributed by atoms with Gasteiger partial charge in [0, 0.05) is 33.8 Å². The Balaban J connectivity index is 1.48. The van der Waals surface area contributed by atoms with Crippen LogP contribution in [0.2, 0.25) is 0 Å². The lowest BCUT2D eigenvalue weighted by molar-refractivity contribution is -0.137. The molecular weight excluding hydrogens is 473 g/mol. The van der Waals surface area contributed by atoms with E-state index in [0.717, 1.165) is 39.5 Å². The molecule has 0 saturated heterocycles. The molecule has 11 heteroatoms. The lowest BCUT2D eigenvalue weighted by Gasteiger charge is -2.10. The van der Waals surface area contributed by atoms with Crippen molar-refractivity contribution in [1.82, 2.24) is 15.0 Å². The standard InChI is InChI=1S/C22H15F3N4O2S2/c23-22(24,25)14-9-15(20(30)31)18(27-10-14)29-21-28-16(17(33-21)12-3-4-12)11-1-5-13(6-2-11)19-26-7-8-32-19/h1-2,5-10,12H,3-4H2,(H,30,31)(H,27,28,29). The zero-order valence-corrected chi connectivity index (χ0v) is 18.4. The molecule has 1 fully saturated rings. The largest absolute Gasteiger partial charge is 0.478 e. The van der Waals surface area contributed by atoms with E-state index in [0.29, 0.717) is 23.3 Å². The van der Waals surface area contributed by atoms with Crippen molar-refractivity contribution in [2.75, 3.05) is 5.32 Å². The van der Waals surface area contributed by atoms with Crippen molar-refractivity contribution in [1.29, 1.82) is 0 Å². The summed E-state index contributed by atoms with van der Waals surface area (Å²) in [5.74, 6) is -1.32. The van der Waals surface area contributed by atoms with Crippen LogP contribution < -0.4 is 5.32 Å². The summed E-state index contributed by atoms with van der Waals surface area (Å²) in [7, 11) is 0. The van der Waals surface area contributed by atoms with Crippen molar-refractivity contribution in [3.8, 4) is 21.8 Å². The van der Waals surface area contributed by atoms with Crippen LogP contribution in [0.1, 0.15) is 39.6 Å². The minimum atomic E-state index is -4.69. The highest BCUT2D eigenvalue weighted by atomic mass is 32.1. The molecule has 0 bridgehead atoms. The molecule has 0 aliphatic heterocycles. The number of nitrogens with one attached hydrogen (secondary N) is 1. The molecule has 4 aromatic rings. The Morgan fingerprint density at radius 1 is 1.12 bits per heavy atom. The number of carboxylic acids is 1. The first-order valence-corrected chi connectivity index (χ1v) is 11.6. The quantitative estimate of drug-likeness (QED) is 0.315. The Morgan fingerprint density at radius 3 is 2.45 bits per heavy atom. The highest BCUT2D eigenvalue weighted by molar-refractivity contribution is 7.16. The van der Waals surface area contributed by atoms with Crippen LogP contribution >= 0.6 is 22.7 Å². The van der Waals surface area contributed by atoms with E-state index < -0.39 is 23.3 Å². The maximum atomic E-state index is 13.0. The molecule has 0 unspecified atom stereocenters. The van der Waals surface area contributed by atoms with Gasteiger partial charge in [-0.15, -0.1) is 22.7 Å². The second-order valence-electron chi connectivity index (χ2n) is 7.47. The van der Waals surface area contributed by atoms with Crippen molar-refractivity contribution >= 4 is 39.6 Å². The number of nitrogens with zero attached hydrogens (tertiary/aromatic N) is 3. The number of benzene rings is 1. The second-order valence-corrected chi connectivity index (χ2v) is 9.39. The Hall–Kier alpha value is -3.31. The summed E-state index contributed by atoms with van der Waals surface area (Å²) in [6, 6.07) is 8.43. The molecule has 1 aliphatic carbocycles. The van der Waals surface area contributed by atoms with E-state index in [1.807, 2.05) is 29.6 Å². The van der Waals surface area contributed by atoms with Crippen LogP contribution in [0.3, 0.4) is 0 Å². The molecule has 3 heterocycles. The van der Waals surface area contributed by atoms with Gasteiger partial charge in [-0.25, -0.2) is 19.7 Å². The second kappa shape index (κ2) is 8.23. The van der Waals surface area contributed by atoms with E-state index in [9.17, 15) is 23.1 Å². The van der Waals surface area contributed by atoms with Gasteiger partial charge in [0.05, 0.1) is 11.3 Å². The lowest BCUT2D eigenvalue weighted by Crippen LogP contribution is -2.11. The molecule has 2 N–H and O–H groups in total. The SMILES string of the molecule is O=C(O)c1cc(C(F)(F)F)cnc1Nc1nc(-c2ccc(-c3nccs3)cc2)c(C2CC2)s1. The lowest BCUT2D eigenvalue weighted by atomic mass is 10.1. The summed E-state index contributed by atoms with van der Waals surface area (Å²) in [6.07, 6.45) is -0.260. The van der Waals surface area contributed by atoms with E-state index >= 15 is 0 Å². The Kier molecular flexibility index (Phi) is 5.37. The summed E-state index contributed by atoms with van der Waals surface area (Å²) < 4.78 is 38.9. The van der Waals surface area contributed by atoms with Gasteiger partial charge in [0.15, 0.2) is 5.13 Å². The Bertz CT molecular complexity index is 1310. The molecule has 1 saturated carbocycles. The van der Waals surface area contributed by atoms with Gasteiger partial charge < -0.3 is 10.4 Å². The summed E-state index contributed by atoms with van der Waals surface area (Å²) in [5, 5.41) is 15.4. The third-order valence-corrected chi connectivity index (χ3v) is 7.07. The Morgan fingerprint density at radius 2 is 1.85 bits per heavy atom. The van der Waals surface area contributed by atoms with Crippen molar-refractivity contribution in [2.45, 2.75) is 24.9 Å². The number of aromatic carboxylic acids is 1. The van der Waals surface area contributed by atoms with Crippen molar-refractivity contribution in [2.24, 2.45) is 0 Å². The number of aromatic nitrogens is 3. The minimum absolute atomic E-state index is 0.183. The van der Waals surface area contributed by atoms with Gasteiger partial charge in [0.2, 0.25) is 0 Å². The Labute approximate surface area is 193 Å². The first kappa shape index (κ1) is 21.5. The maximum Gasteiger partial charge on any atom is 0.417 e. The molecule has 5 rings (SSSR count). The highest BCUT2D eigenvalue weighted by Crippen LogP contribution is 2.48. The summed E-state index contributed by atoms with van der Waals surface area (Å²) in [5.41, 5.74) is 0.988. The molecule has 168 valence electrons. The molecule has 33 heavy (non-hydrogen) atoms. The summed E-state index contributed by atoms with van der Waals surface area (Å²) in [6.45, 7) is 0. The predicted octanol–water partition coefficient (Wildman–Crippen LogP) is 6.67. The number of pyridine rings is 1. The first-order chi connectivity index (χ1) is 15.8. The van der Waals surface area contributed by atoms with Crippen molar-refractivity contribution in [3.05, 3.63) is 64.1 Å². The maximum absolute atomic E-state index is 13.0. The van der Waals surface area contributed by atoms with Gasteiger partial charge in [-0.1, -0.05) is 24.3 Å². The number of hydrogen-bond acceptors (Lipinski definition) is 7. The van der Waals surface area contributed by atoms with Gasteiger partial charge in [-0.05, 0) is 24.8 Å². The molecule has 3 aromatic heterocycles. The number of anilines is 2. The molecule has 0 radical (unpaired) electrons. The van der Waals surface area contributed by atoms with Crippen LogP contribution in [0.25, 0.3) is 21.8 Å².